The van der Waals surface area contributed by atoms with Crippen LogP contribution in [0.5, 0.6) is 5.88 Å². The minimum absolute atomic E-state index is 0.169. The molecule has 104 valence electrons. The highest BCUT2D eigenvalue weighted by Crippen LogP contribution is 2.21. The van der Waals surface area contributed by atoms with Crippen molar-refractivity contribution in [3.05, 3.63) is 23.4 Å². The first-order valence-corrected chi connectivity index (χ1v) is 6.61. The normalized spacial score (nSPS) is 19.6. The number of carboxylic acids is 1. The molecular weight excluding hydrogens is 244 g/mol. The van der Waals surface area contributed by atoms with Crippen LogP contribution in [0, 0.1) is 6.92 Å². The summed E-state index contributed by atoms with van der Waals surface area (Å²) >= 11 is 0. The molecule has 2 heterocycles. The summed E-state index contributed by atoms with van der Waals surface area (Å²) < 4.78 is 5.57. The molecule has 5 nitrogen and oxygen atoms in total. The summed E-state index contributed by atoms with van der Waals surface area (Å²) in [6, 6.07) is 2.22. The van der Waals surface area contributed by atoms with Crippen molar-refractivity contribution in [3.63, 3.8) is 0 Å². The molecule has 0 aliphatic carbocycles. The number of rotatable bonds is 5. The van der Waals surface area contributed by atoms with Gasteiger partial charge in [-0.3, -0.25) is 0 Å². The Bertz CT molecular complexity index is 462. The summed E-state index contributed by atoms with van der Waals surface area (Å²) in [7, 11) is 2.12. The van der Waals surface area contributed by atoms with Gasteiger partial charge in [0.2, 0.25) is 5.88 Å². The largest absolute Gasteiger partial charge is 0.477 e. The number of hydrogen-bond donors (Lipinski definition) is 1. The van der Waals surface area contributed by atoms with Crippen molar-refractivity contribution in [1.82, 2.24) is 9.88 Å². The number of carboxylic acid groups (broad SMARTS) is 1. The molecule has 1 N–H and O–H groups in total. The van der Waals surface area contributed by atoms with Crippen molar-refractivity contribution >= 4 is 5.97 Å². The van der Waals surface area contributed by atoms with Gasteiger partial charge < -0.3 is 14.7 Å². The van der Waals surface area contributed by atoms with Crippen LogP contribution in [0.2, 0.25) is 0 Å². The van der Waals surface area contributed by atoms with E-state index in [2.05, 4.69) is 16.9 Å². The maximum atomic E-state index is 11.2. The smallest absolute Gasteiger partial charge is 0.341 e. The Kier molecular flexibility index (Phi) is 4.37. The Morgan fingerprint density at radius 2 is 2.42 bits per heavy atom. The molecule has 1 aromatic heterocycles. The van der Waals surface area contributed by atoms with Gasteiger partial charge in [-0.1, -0.05) is 0 Å². The second-order valence-corrected chi connectivity index (χ2v) is 5.03. The lowest BCUT2D eigenvalue weighted by atomic mass is 10.1. The van der Waals surface area contributed by atoms with Crippen molar-refractivity contribution < 1.29 is 14.6 Å². The van der Waals surface area contributed by atoms with Crippen LogP contribution < -0.4 is 4.74 Å². The highest BCUT2D eigenvalue weighted by Gasteiger charge is 2.21. The molecule has 1 atom stereocenters. The number of carbonyl (C=O) groups is 1. The fourth-order valence-corrected chi connectivity index (χ4v) is 2.54. The Morgan fingerprint density at radius 1 is 1.63 bits per heavy atom. The lowest BCUT2D eigenvalue weighted by molar-refractivity contribution is 0.0690. The highest BCUT2D eigenvalue weighted by atomic mass is 16.5. The summed E-state index contributed by atoms with van der Waals surface area (Å²) in [5.74, 6) is -0.758. The van der Waals surface area contributed by atoms with E-state index in [9.17, 15) is 9.90 Å². The first-order valence-electron chi connectivity index (χ1n) is 6.61. The van der Waals surface area contributed by atoms with Crippen LogP contribution in [0.25, 0.3) is 0 Å². The van der Waals surface area contributed by atoms with Crippen LogP contribution in [-0.2, 0) is 0 Å². The molecule has 1 aliphatic rings. The third kappa shape index (κ3) is 3.23. The second-order valence-electron chi connectivity index (χ2n) is 5.03. The van der Waals surface area contributed by atoms with Gasteiger partial charge in [-0.05, 0) is 51.4 Å². The zero-order chi connectivity index (χ0) is 13.8. The molecule has 1 aliphatic heterocycles. The molecule has 0 bridgehead atoms. The maximum absolute atomic E-state index is 11.2. The molecule has 19 heavy (non-hydrogen) atoms. The lowest BCUT2D eigenvalue weighted by Crippen LogP contribution is -2.26. The molecule has 1 fully saturated rings. The fraction of sp³-hybridized carbons (Fsp3) is 0.571. The Balaban J connectivity index is 1.96. The SMILES string of the molecule is Cc1ccnc(OCCC2CCCN2C)c1C(=O)O. The zero-order valence-electron chi connectivity index (χ0n) is 11.4. The second kappa shape index (κ2) is 6.02. The summed E-state index contributed by atoms with van der Waals surface area (Å²) in [6.45, 7) is 3.39. The van der Waals surface area contributed by atoms with E-state index in [1.165, 1.54) is 12.8 Å². The molecule has 2 rings (SSSR count). The van der Waals surface area contributed by atoms with Crippen LogP contribution in [-0.4, -0.2) is 47.2 Å². The van der Waals surface area contributed by atoms with E-state index < -0.39 is 5.97 Å². The van der Waals surface area contributed by atoms with Gasteiger partial charge in [0.1, 0.15) is 5.56 Å². The minimum Gasteiger partial charge on any atom is -0.477 e. The highest BCUT2D eigenvalue weighted by molar-refractivity contribution is 5.91. The average Bonchev–Trinajstić information content (AvgIpc) is 2.75. The van der Waals surface area contributed by atoms with E-state index >= 15 is 0 Å². The molecule has 5 heteroatoms. The molecule has 0 aromatic carbocycles. The molecule has 1 unspecified atom stereocenters. The predicted octanol–water partition coefficient (Wildman–Crippen LogP) is 1.95. The predicted molar refractivity (Wildman–Crippen MR) is 71.7 cm³/mol. The molecule has 1 saturated heterocycles. The number of likely N-dealkylation sites (tertiary alicyclic amines) is 1. The molecule has 0 radical (unpaired) electrons. The van der Waals surface area contributed by atoms with E-state index in [1.54, 1.807) is 19.2 Å². The van der Waals surface area contributed by atoms with Crippen LogP contribution in [0.4, 0.5) is 0 Å². The van der Waals surface area contributed by atoms with Gasteiger partial charge in [-0.2, -0.15) is 0 Å². The summed E-state index contributed by atoms with van der Waals surface area (Å²) in [5, 5.41) is 9.17. The first-order chi connectivity index (χ1) is 9.09. The summed E-state index contributed by atoms with van der Waals surface area (Å²) in [6.07, 6.45) is 4.90. The Hall–Kier alpha value is -1.62. The standard InChI is InChI=1S/C14H20N2O3/c1-10-5-7-15-13(12(10)14(17)18)19-9-6-11-4-3-8-16(11)2/h5,7,11H,3-4,6,8-9H2,1-2H3,(H,17,18). The van der Waals surface area contributed by atoms with Gasteiger partial charge in [-0.15, -0.1) is 0 Å². The third-order valence-electron chi connectivity index (χ3n) is 3.70. The minimum atomic E-state index is -0.987. The molecule has 1 aromatic rings. The van der Waals surface area contributed by atoms with Crippen LogP contribution in [0.1, 0.15) is 35.2 Å². The number of hydrogen-bond acceptors (Lipinski definition) is 4. The van der Waals surface area contributed by atoms with Crippen LogP contribution in [0.3, 0.4) is 0 Å². The molecule has 0 saturated carbocycles. The molecule has 0 spiro atoms. The van der Waals surface area contributed by atoms with Crippen molar-refractivity contribution in [1.29, 1.82) is 0 Å². The van der Waals surface area contributed by atoms with Crippen molar-refractivity contribution in [2.45, 2.75) is 32.2 Å². The number of aromatic carboxylic acids is 1. The van der Waals surface area contributed by atoms with Crippen molar-refractivity contribution in [3.8, 4) is 5.88 Å². The van der Waals surface area contributed by atoms with E-state index in [0.29, 0.717) is 18.2 Å². The van der Waals surface area contributed by atoms with Gasteiger partial charge in [0, 0.05) is 12.2 Å². The third-order valence-corrected chi connectivity index (χ3v) is 3.70. The quantitative estimate of drug-likeness (QED) is 0.880. The van der Waals surface area contributed by atoms with Gasteiger partial charge >= 0.3 is 5.97 Å². The monoisotopic (exact) mass is 264 g/mol. The number of aromatic nitrogens is 1. The Morgan fingerprint density at radius 3 is 3.05 bits per heavy atom. The average molecular weight is 264 g/mol. The zero-order valence-corrected chi connectivity index (χ0v) is 11.4. The number of pyridine rings is 1. The number of nitrogens with zero attached hydrogens (tertiary/aromatic N) is 2. The maximum Gasteiger partial charge on any atom is 0.341 e. The number of aryl methyl sites for hydroxylation is 1. The van der Waals surface area contributed by atoms with E-state index in [-0.39, 0.29) is 11.4 Å². The van der Waals surface area contributed by atoms with Gasteiger partial charge in [0.05, 0.1) is 6.61 Å². The van der Waals surface area contributed by atoms with Crippen molar-refractivity contribution in [2.24, 2.45) is 0 Å². The van der Waals surface area contributed by atoms with Crippen LogP contribution in [0.15, 0.2) is 12.3 Å². The summed E-state index contributed by atoms with van der Waals surface area (Å²) in [4.78, 5) is 17.5. The first kappa shape index (κ1) is 13.8. The van der Waals surface area contributed by atoms with Gasteiger partial charge in [0.15, 0.2) is 0 Å². The lowest BCUT2D eigenvalue weighted by Gasteiger charge is -2.19. The Labute approximate surface area is 113 Å². The van der Waals surface area contributed by atoms with Crippen LogP contribution >= 0.6 is 0 Å². The molecular formula is C14H20N2O3. The van der Waals surface area contributed by atoms with Gasteiger partial charge in [-0.25, -0.2) is 9.78 Å². The fourth-order valence-electron chi connectivity index (χ4n) is 2.54. The van der Waals surface area contributed by atoms with E-state index in [4.69, 9.17) is 4.74 Å². The van der Waals surface area contributed by atoms with Gasteiger partial charge in [0.25, 0.3) is 0 Å². The summed E-state index contributed by atoms with van der Waals surface area (Å²) in [5.41, 5.74) is 0.845. The topological polar surface area (TPSA) is 62.7 Å². The number of ether oxygens (including phenoxy) is 1. The van der Waals surface area contributed by atoms with E-state index in [0.717, 1.165) is 13.0 Å². The van der Waals surface area contributed by atoms with E-state index in [1.807, 2.05) is 0 Å². The van der Waals surface area contributed by atoms with Crippen molar-refractivity contribution in [2.75, 3.05) is 20.2 Å². The molecule has 0 amide bonds.